The minimum Gasteiger partial charge on any atom is -0.372 e. The van der Waals surface area contributed by atoms with Crippen molar-refractivity contribution in [3.8, 4) is 0 Å². The van der Waals surface area contributed by atoms with Gasteiger partial charge in [0.1, 0.15) is 5.54 Å². The van der Waals surface area contributed by atoms with Crippen molar-refractivity contribution in [3.63, 3.8) is 0 Å². The third kappa shape index (κ3) is 3.50. The first-order valence-corrected chi connectivity index (χ1v) is 9.67. The molecule has 1 aliphatic heterocycles. The van der Waals surface area contributed by atoms with Crippen molar-refractivity contribution in [1.82, 2.24) is 10.3 Å². The number of anilines is 1. The average molecular weight is 378 g/mol. The van der Waals surface area contributed by atoms with Gasteiger partial charge in [-0.3, -0.25) is 4.79 Å². The zero-order valence-electron chi connectivity index (χ0n) is 16.6. The van der Waals surface area contributed by atoms with Crippen molar-refractivity contribution >= 4 is 23.8 Å². The Balaban J connectivity index is 1.81. The van der Waals surface area contributed by atoms with Crippen LogP contribution in [0.4, 0.5) is 10.5 Å². The molecule has 1 atom stereocenters. The first-order chi connectivity index (χ1) is 13.6. The lowest BCUT2D eigenvalue weighted by molar-refractivity contribution is -0.131. The number of benzene rings is 2. The zero-order chi connectivity index (χ0) is 20.1. The number of urea groups is 1. The van der Waals surface area contributed by atoms with Gasteiger partial charge in [0.05, 0.1) is 6.21 Å². The molecule has 0 unspecified atom stereocenters. The first kappa shape index (κ1) is 19.6. The van der Waals surface area contributed by atoms with Crippen LogP contribution < -0.4 is 10.2 Å². The number of hydrogen-bond acceptors (Lipinski definition) is 4. The van der Waals surface area contributed by atoms with Gasteiger partial charge in [-0.1, -0.05) is 49.4 Å². The molecule has 6 heteroatoms. The Morgan fingerprint density at radius 2 is 1.64 bits per heavy atom. The van der Waals surface area contributed by atoms with E-state index in [1.807, 2.05) is 61.5 Å². The van der Waals surface area contributed by atoms with Crippen molar-refractivity contribution in [2.45, 2.75) is 32.7 Å². The van der Waals surface area contributed by atoms with Gasteiger partial charge in [0.2, 0.25) is 0 Å². The van der Waals surface area contributed by atoms with Crippen LogP contribution in [0.15, 0.2) is 59.7 Å². The van der Waals surface area contributed by atoms with E-state index >= 15 is 0 Å². The number of hydrogen-bond donors (Lipinski definition) is 1. The largest absolute Gasteiger partial charge is 0.372 e. The molecule has 0 bridgehead atoms. The van der Waals surface area contributed by atoms with Crippen LogP contribution in [0.3, 0.4) is 0 Å². The summed E-state index contributed by atoms with van der Waals surface area (Å²) in [5.74, 6) is -0.359. The van der Waals surface area contributed by atoms with E-state index in [-0.39, 0.29) is 5.91 Å². The number of carbonyl (C=O) groups excluding carboxylic acids is 2. The predicted molar refractivity (Wildman–Crippen MR) is 111 cm³/mol. The Bertz CT molecular complexity index is 860. The third-order valence-electron chi connectivity index (χ3n) is 5.21. The van der Waals surface area contributed by atoms with Crippen molar-refractivity contribution in [2.24, 2.45) is 5.10 Å². The number of hydrazone groups is 1. The standard InChI is InChI=1S/C22H26N4O2/c1-4-22(18-10-8-7-9-11-18)20(27)26(21(28)24-22)23-16-17-12-14-19(15-13-17)25(5-2)6-3/h7-16H,4-6H2,1-3H3,(H,24,28)/b23-16-/t22-/m0/s1. The smallest absolute Gasteiger partial charge is 0.346 e. The zero-order valence-corrected chi connectivity index (χ0v) is 16.6. The molecule has 0 aromatic heterocycles. The highest BCUT2D eigenvalue weighted by Crippen LogP contribution is 2.32. The summed E-state index contributed by atoms with van der Waals surface area (Å²) in [7, 11) is 0. The van der Waals surface area contributed by atoms with E-state index < -0.39 is 11.6 Å². The Labute approximate surface area is 165 Å². The summed E-state index contributed by atoms with van der Waals surface area (Å²) in [5.41, 5.74) is 1.65. The molecule has 3 amide bonds. The number of rotatable bonds is 7. The van der Waals surface area contributed by atoms with Crippen LogP contribution >= 0.6 is 0 Å². The van der Waals surface area contributed by atoms with Crippen LogP contribution in [0.1, 0.15) is 38.3 Å². The SMILES string of the molecule is CCN(CC)c1ccc(/C=N\N2C(=O)N[C@@](CC)(c3ccccc3)C2=O)cc1. The molecule has 2 aromatic rings. The maximum Gasteiger partial charge on any atom is 0.346 e. The summed E-state index contributed by atoms with van der Waals surface area (Å²) in [6.45, 7) is 7.98. The molecule has 6 nitrogen and oxygen atoms in total. The molecule has 0 aliphatic carbocycles. The average Bonchev–Trinajstić information content (AvgIpc) is 2.99. The fraction of sp³-hybridized carbons (Fsp3) is 0.318. The maximum atomic E-state index is 13.0. The number of nitrogens with zero attached hydrogens (tertiary/aromatic N) is 3. The second kappa shape index (κ2) is 8.25. The summed E-state index contributed by atoms with van der Waals surface area (Å²) in [6.07, 6.45) is 1.99. The van der Waals surface area contributed by atoms with Gasteiger partial charge in [0.25, 0.3) is 5.91 Å². The van der Waals surface area contributed by atoms with Crippen LogP contribution in [0.5, 0.6) is 0 Å². The number of imide groups is 1. The first-order valence-electron chi connectivity index (χ1n) is 9.67. The third-order valence-corrected chi connectivity index (χ3v) is 5.21. The summed E-state index contributed by atoms with van der Waals surface area (Å²) >= 11 is 0. The molecule has 2 aromatic carbocycles. The monoisotopic (exact) mass is 378 g/mol. The van der Waals surface area contributed by atoms with Gasteiger partial charge in [-0.25, -0.2) is 4.79 Å². The minimum atomic E-state index is -1.07. The molecule has 0 saturated carbocycles. The van der Waals surface area contributed by atoms with Crippen molar-refractivity contribution in [2.75, 3.05) is 18.0 Å². The van der Waals surface area contributed by atoms with Gasteiger partial charge < -0.3 is 10.2 Å². The van der Waals surface area contributed by atoms with Gasteiger partial charge >= 0.3 is 6.03 Å². The Morgan fingerprint density at radius 1 is 1.00 bits per heavy atom. The van der Waals surface area contributed by atoms with E-state index in [1.54, 1.807) is 6.21 Å². The fourth-order valence-electron chi connectivity index (χ4n) is 3.51. The van der Waals surface area contributed by atoms with E-state index in [9.17, 15) is 9.59 Å². The van der Waals surface area contributed by atoms with Crippen LogP contribution in [0.2, 0.25) is 0 Å². The quantitative estimate of drug-likeness (QED) is 0.590. The van der Waals surface area contributed by atoms with Crippen molar-refractivity contribution in [1.29, 1.82) is 0 Å². The van der Waals surface area contributed by atoms with E-state index in [2.05, 4.69) is 29.2 Å². The Hall–Kier alpha value is -3.15. The van der Waals surface area contributed by atoms with E-state index in [0.717, 1.165) is 34.9 Å². The summed E-state index contributed by atoms with van der Waals surface area (Å²) in [5, 5.41) is 7.92. The molecule has 1 N–H and O–H groups in total. The molecule has 1 heterocycles. The number of carbonyl (C=O) groups is 2. The molecule has 0 radical (unpaired) electrons. The highest BCUT2D eigenvalue weighted by atomic mass is 16.2. The molecule has 146 valence electrons. The molecule has 28 heavy (non-hydrogen) atoms. The normalized spacial score (nSPS) is 19.3. The predicted octanol–water partition coefficient (Wildman–Crippen LogP) is 3.72. The molecule has 1 saturated heterocycles. The molecular weight excluding hydrogens is 352 g/mol. The lowest BCUT2D eigenvalue weighted by Gasteiger charge is -2.24. The summed E-state index contributed by atoms with van der Waals surface area (Å²) in [4.78, 5) is 27.7. The molecule has 0 spiro atoms. The van der Waals surface area contributed by atoms with Gasteiger partial charge in [-0.05, 0) is 43.5 Å². The fourth-order valence-corrected chi connectivity index (χ4v) is 3.51. The second-order valence-corrected chi connectivity index (χ2v) is 6.68. The van der Waals surface area contributed by atoms with E-state index in [1.165, 1.54) is 0 Å². The molecular formula is C22H26N4O2. The van der Waals surface area contributed by atoms with Crippen molar-refractivity contribution in [3.05, 3.63) is 65.7 Å². The molecule has 1 fully saturated rings. The van der Waals surface area contributed by atoms with Crippen LogP contribution in [-0.2, 0) is 10.3 Å². The van der Waals surface area contributed by atoms with Crippen molar-refractivity contribution < 1.29 is 9.59 Å². The highest BCUT2D eigenvalue weighted by Gasteiger charge is 2.51. The van der Waals surface area contributed by atoms with Gasteiger partial charge in [0.15, 0.2) is 0 Å². The highest BCUT2D eigenvalue weighted by molar-refractivity contribution is 6.07. The van der Waals surface area contributed by atoms with Gasteiger partial charge in [-0.2, -0.15) is 5.10 Å². The maximum absolute atomic E-state index is 13.0. The molecule has 1 aliphatic rings. The van der Waals surface area contributed by atoms with E-state index in [0.29, 0.717) is 6.42 Å². The van der Waals surface area contributed by atoms with Crippen LogP contribution in [0, 0.1) is 0 Å². The molecule has 3 rings (SSSR count). The van der Waals surface area contributed by atoms with E-state index in [4.69, 9.17) is 0 Å². The second-order valence-electron chi connectivity index (χ2n) is 6.68. The van der Waals surface area contributed by atoms with Gasteiger partial charge in [0, 0.05) is 18.8 Å². The minimum absolute atomic E-state index is 0.359. The van der Waals surface area contributed by atoms with Gasteiger partial charge in [-0.15, -0.1) is 5.01 Å². The van der Waals surface area contributed by atoms with Crippen LogP contribution in [-0.4, -0.2) is 36.3 Å². The van der Waals surface area contributed by atoms with Crippen LogP contribution in [0.25, 0.3) is 0 Å². The lowest BCUT2D eigenvalue weighted by Crippen LogP contribution is -2.43. The number of nitrogens with one attached hydrogen (secondary N) is 1. The lowest BCUT2D eigenvalue weighted by atomic mass is 9.87. The Kier molecular flexibility index (Phi) is 5.78. The topological polar surface area (TPSA) is 65.0 Å². The Morgan fingerprint density at radius 3 is 2.21 bits per heavy atom. The number of amides is 3. The summed E-state index contributed by atoms with van der Waals surface area (Å²) < 4.78 is 0. The summed E-state index contributed by atoms with van der Waals surface area (Å²) in [6, 6.07) is 16.7.